The molecule has 0 atom stereocenters. The van der Waals surface area contributed by atoms with E-state index in [1.807, 2.05) is 4.90 Å². The third-order valence-corrected chi connectivity index (χ3v) is 4.61. The topological polar surface area (TPSA) is 61.4 Å². The van der Waals surface area contributed by atoms with Crippen LogP contribution in [0.15, 0.2) is 24.3 Å². The molecule has 2 amide bonds. The van der Waals surface area contributed by atoms with Gasteiger partial charge in [-0.05, 0) is 62.5 Å². The molecule has 0 bridgehead atoms. The van der Waals surface area contributed by atoms with Crippen LogP contribution in [0.2, 0.25) is 0 Å². The standard InChI is InChI=1S/C19H28FN3O2/c1-2-21-14-15-9-12-23(13-10-15)18(24)4-3-11-22-19(25)16-5-7-17(20)8-6-16/h5-8,15,21H,2-4,9-14H2,1H3,(H,22,25). The van der Waals surface area contributed by atoms with E-state index in [-0.39, 0.29) is 17.6 Å². The molecule has 25 heavy (non-hydrogen) atoms. The zero-order valence-corrected chi connectivity index (χ0v) is 14.9. The number of rotatable bonds is 8. The Morgan fingerprint density at radius 2 is 1.88 bits per heavy atom. The van der Waals surface area contributed by atoms with Crippen LogP contribution >= 0.6 is 0 Å². The zero-order chi connectivity index (χ0) is 18.1. The summed E-state index contributed by atoms with van der Waals surface area (Å²) in [6.07, 6.45) is 3.17. The van der Waals surface area contributed by atoms with Crippen molar-refractivity contribution in [3.8, 4) is 0 Å². The third-order valence-electron chi connectivity index (χ3n) is 4.61. The number of carbonyl (C=O) groups is 2. The van der Waals surface area contributed by atoms with Crippen molar-refractivity contribution in [2.24, 2.45) is 5.92 Å². The van der Waals surface area contributed by atoms with Crippen LogP contribution in [-0.2, 0) is 4.79 Å². The Morgan fingerprint density at radius 3 is 2.52 bits per heavy atom. The number of halogens is 1. The number of piperidine rings is 1. The van der Waals surface area contributed by atoms with Gasteiger partial charge >= 0.3 is 0 Å². The molecule has 0 radical (unpaired) electrons. The number of likely N-dealkylation sites (tertiary alicyclic amines) is 1. The molecule has 1 fully saturated rings. The molecule has 5 nitrogen and oxygen atoms in total. The first kappa shape index (κ1) is 19.4. The molecule has 1 aromatic carbocycles. The van der Waals surface area contributed by atoms with Gasteiger partial charge < -0.3 is 15.5 Å². The second-order valence-corrected chi connectivity index (χ2v) is 6.50. The van der Waals surface area contributed by atoms with Crippen molar-refractivity contribution in [2.75, 3.05) is 32.7 Å². The molecule has 1 heterocycles. The van der Waals surface area contributed by atoms with Crippen molar-refractivity contribution < 1.29 is 14.0 Å². The van der Waals surface area contributed by atoms with E-state index in [1.165, 1.54) is 24.3 Å². The van der Waals surface area contributed by atoms with E-state index in [1.54, 1.807) is 0 Å². The van der Waals surface area contributed by atoms with Gasteiger partial charge in [0.2, 0.25) is 5.91 Å². The molecule has 0 aliphatic carbocycles. The van der Waals surface area contributed by atoms with E-state index in [9.17, 15) is 14.0 Å². The van der Waals surface area contributed by atoms with E-state index in [4.69, 9.17) is 0 Å². The average molecular weight is 349 g/mol. The van der Waals surface area contributed by atoms with E-state index >= 15 is 0 Å². The molecule has 1 saturated heterocycles. The van der Waals surface area contributed by atoms with E-state index in [2.05, 4.69) is 17.6 Å². The fourth-order valence-electron chi connectivity index (χ4n) is 3.04. The summed E-state index contributed by atoms with van der Waals surface area (Å²) in [7, 11) is 0. The second kappa shape index (κ2) is 10.1. The second-order valence-electron chi connectivity index (χ2n) is 6.50. The summed E-state index contributed by atoms with van der Waals surface area (Å²) >= 11 is 0. The summed E-state index contributed by atoms with van der Waals surface area (Å²) in [6, 6.07) is 5.43. The maximum atomic E-state index is 12.8. The summed E-state index contributed by atoms with van der Waals surface area (Å²) in [6.45, 7) is 6.23. The smallest absolute Gasteiger partial charge is 0.251 e. The van der Waals surface area contributed by atoms with Gasteiger partial charge in [0.05, 0.1) is 0 Å². The molecule has 0 aromatic heterocycles. The van der Waals surface area contributed by atoms with Crippen LogP contribution in [0.3, 0.4) is 0 Å². The number of carbonyl (C=O) groups excluding carboxylic acids is 2. The van der Waals surface area contributed by atoms with E-state index in [0.29, 0.717) is 30.9 Å². The number of benzene rings is 1. The van der Waals surface area contributed by atoms with Gasteiger partial charge in [-0.2, -0.15) is 0 Å². The molecule has 1 aliphatic rings. The number of hydrogen-bond acceptors (Lipinski definition) is 3. The molecule has 138 valence electrons. The van der Waals surface area contributed by atoms with Crippen molar-refractivity contribution in [1.82, 2.24) is 15.5 Å². The minimum atomic E-state index is -0.364. The molecule has 0 unspecified atom stereocenters. The molecular weight excluding hydrogens is 321 g/mol. The predicted molar refractivity (Wildman–Crippen MR) is 95.8 cm³/mol. The van der Waals surface area contributed by atoms with Crippen LogP contribution in [0, 0.1) is 11.7 Å². The summed E-state index contributed by atoms with van der Waals surface area (Å²) < 4.78 is 12.8. The van der Waals surface area contributed by atoms with Gasteiger partial charge in [0, 0.05) is 31.6 Å². The lowest BCUT2D eigenvalue weighted by Crippen LogP contribution is -2.41. The normalized spacial score (nSPS) is 15.2. The van der Waals surface area contributed by atoms with Gasteiger partial charge in [-0.1, -0.05) is 6.92 Å². The van der Waals surface area contributed by atoms with Gasteiger partial charge in [-0.25, -0.2) is 4.39 Å². The van der Waals surface area contributed by atoms with Crippen molar-refractivity contribution >= 4 is 11.8 Å². The Hall–Kier alpha value is -1.95. The average Bonchev–Trinajstić information content (AvgIpc) is 2.64. The monoisotopic (exact) mass is 349 g/mol. The van der Waals surface area contributed by atoms with Crippen molar-refractivity contribution in [2.45, 2.75) is 32.6 Å². The number of nitrogens with one attached hydrogen (secondary N) is 2. The summed E-state index contributed by atoms with van der Waals surface area (Å²) in [5, 5.41) is 6.13. The summed E-state index contributed by atoms with van der Waals surface area (Å²) in [4.78, 5) is 26.1. The fourth-order valence-corrected chi connectivity index (χ4v) is 3.04. The quantitative estimate of drug-likeness (QED) is 0.707. The van der Waals surface area contributed by atoms with E-state index in [0.717, 1.165) is 39.0 Å². The lowest BCUT2D eigenvalue weighted by molar-refractivity contribution is -0.132. The highest BCUT2D eigenvalue weighted by molar-refractivity contribution is 5.94. The van der Waals surface area contributed by atoms with Crippen LogP contribution in [0.1, 0.15) is 43.0 Å². The molecule has 0 saturated carbocycles. The summed E-state index contributed by atoms with van der Waals surface area (Å²) in [5.74, 6) is 0.227. The molecule has 0 spiro atoms. The number of amides is 2. The van der Waals surface area contributed by atoms with Crippen molar-refractivity contribution in [3.05, 3.63) is 35.6 Å². The van der Waals surface area contributed by atoms with Gasteiger partial charge in [-0.3, -0.25) is 9.59 Å². The maximum absolute atomic E-state index is 12.8. The molecule has 6 heteroatoms. The SMILES string of the molecule is CCNCC1CCN(C(=O)CCCNC(=O)c2ccc(F)cc2)CC1. The highest BCUT2D eigenvalue weighted by Gasteiger charge is 2.22. The van der Waals surface area contributed by atoms with Gasteiger partial charge in [0.1, 0.15) is 5.82 Å². The summed E-state index contributed by atoms with van der Waals surface area (Å²) in [5.41, 5.74) is 0.426. The third kappa shape index (κ3) is 6.46. The van der Waals surface area contributed by atoms with Gasteiger partial charge in [-0.15, -0.1) is 0 Å². The molecule has 2 N–H and O–H groups in total. The molecule has 1 aromatic rings. The largest absolute Gasteiger partial charge is 0.352 e. The molecular formula is C19H28FN3O2. The molecule has 2 rings (SSSR count). The van der Waals surface area contributed by atoms with Crippen LogP contribution in [-0.4, -0.2) is 49.4 Å². The number of hydrogen-bond donors (Lipinski definition) is 2. The molecule has 1 aliphatic heterocycles. The van der Waals surface area contributed by atoms with E-state index < -0.39 is 0 Å². The van der Waals surface area contributed by atoms with Crippen molar-refractivity contribution in [1.29, 1.82) is 0 Å². The fraction of sp³-hybridized carbons (Fsp3) is 0.579. The predicted octanol–water partition coefficient (Wildman–Crippen LogP) is 2.18. The van der Waals surface area contributed by atoms with Crippen LogP contribution in [0.5, 0.6) is 0 Å². The zero-order valence-electron chi connectivity index (χ0n) is 14.9. The Labute approximate surface area is 149 Å². The maximum Gasteiger partial charge on any atom is 0.251 e. The lowest BCUT2D eigenvalue weighted by atomic mass is 9.96. The first-order valence-electron chi connectivity index (χ1n) is 9.12. The Kier molecular flexibility index (Phi) is 7.85. The first-order chi connectivity index (χ1) is 12.1. The van der Waals surface area contributed by atoms with Crippen LogP contribution in [0.25, 0.3) is 0 Å². The Bertz CT molecular complexity index is 554. The van der Waals surface area contributed by atoms with Crippen LogP contribution in [0.4, 0.5) is 4.39 Å². The highest BCUT2D eigenvalue weighted by atomic mass is 19.1. The van der Waals surface area contributed by atoms with Crippen molar-refractivity contribution in [3.63, 3.8) is 0 Å². The number of nitrogens with zero attached hydrogens (tertiary/aromatic N) is 1. The minimum absolute atomic E-state index is 0.165. The van der Waals surface area contributed by atoms with Gasteiger partial charge in [0.15, 0.2) is 0 Å². The highest BCUT2D eigenvalue weighted by Crippen LogP contribution is 2.17. The lowest BCUT2D eigenvalue weighted by Gasteiger charge is -2.32. The van der Waals surface area contributed by atoms with Gasteiger partial charge in [0.25, 0.3) is 5.91 Å². The Balaban J connectivity index is 1.61. The first-order valence-corrected chi connectivity index (χ1v) is 9.12. The minimum Gasteiger partial charge on any atom is -0.352 e. The Morgan fingerprint density at radius 1 is 1.20 bits per heavy atom. The van der Waals surface area contributed by atoms with Crippen LogP contribution < -0.4 is 10.6 Å².